The molecule has 4 nitrogen and oxygen atoms in total. The van der Waals surface area contributed by atoms with Crippen LogP contribution in [0.2, 0.25) is 0 Å². The number of nitrogens with one attached hydrogen (secondary N) is 1. The molecule has 0 saturated heterocycles. The van der Waals surface area contributed by atoms with Gasteiger partial charge < -0.3 is 15.2 Å². The fraction of sp³-hybridized carbons (Fsp3) is 0.478. The number of ether oxygens (including phenoxy) is 1. The monoisotopic (exact) mass is 368 g/mol. The normalized spacial score (nSPS) is 16.0. The Hall–Kier alpha value is -1.88. The molecule has 1 aliphatic rings. The molecular formula is C23H32N2O2. The molecule has 0 aromatic heterocycles. The lowest BCUT2D eigenvalue weighted by atomic mass is 10.2. The van der Waals surface area contributed by atoms with E-state index in [1.807, 2.05) is 37.4 Å². The average molecular weight is 369 g/mol. The second kappa shape index (κ2) is 10.5. The summed E-state index contributed by atoms with van der Waals surface area (Å²) in [5, 5.41) is 13.9. The maximum absolute atomic E-state index is 10.3. The predicted molar refractivity (Wildman–Crippen MR) is 110 cm³/mol. The highest BCUT2D eigenvalue weighted by molar-refractivity contribution is 5.28. The third-order valence-corrected chi connectivity index (χ3v) is 5.11. The number of likely N-dealkylation sites (N-methyl/N-ethyl adjacent to an activating group) is 1. The minimum atomic E-state index is -0.515. The molecule has 0 aliphatic heterocycles. The minimum Gasteiger partial charge on any atom is -0.491 e. The van der Waals surface area contributed by atoms with Gasteiger partial charge in [0, 0.05) is 25.7 Å². The second-order valence-electron chi connectivity index (χ2n) is 7.66. The zero-order valence-corrected chi connectivity index (χ0v) is 16.3. The molecule has 146 valence electrons. The maximum atomic E-state index is 10.3. The highest BCUT2D eigenvalue weighted by Gasteiger charge is 2.14. The summed E-state index contributed by atoms with van der Waals surface area (Å²) >= 11 is 0. The quantitative estimate of drug-likeness (QED) is 0.673. The standard InChI is InChI=1S/C23H32N2O2/c1-25(16-19-8-3-2-4-9-19)17-22(26)18-27-23-13-7-10-20(14-23)15-24-21-11-5-6-12-21/h2-4,7-10,13-14,21-22,24,26H,5-6,11-12,15-18H2,1H3. The van der Waals surface area contributed by atoms with Gasteiger partial charge in [0.1, 0.15) is 18.5 Å². The van der Waals surface area contributed by atoms with Crippen molar-refractivity contribution in [2.75, 3.05) is 20.2 Å². The number of aliphatic hydroxyl groups is 1. The van der Waals surface area contributed by atoms with E-state index in [4.69, 9.17) is 4.74 Å². The van der Waals surface area contributed by atoms with E-state index in [9.17, 15) is 5.11 Å². The molecule has 4 heteroatoms. The van der Waals surface area contributed by atoms with Crippen molar-refractivity contribution >= 4 is 0 Å². The first-order chi connectivity index (χ1) is 13.2. The summed E-state index contributed by atoms with van der Waals surface area (Å²) in [7, 11) is 2.02. The van der Waals surface area contributed by atoms with Crippen LogP contribution in [0.3, 0.4) is 0 Å². The molecule has 3 rings (SSSR count). The average Bonchev–Trinajstić information content (AvgIpc) is 3.19. The zero-order valence-electron chi connectivity index (χ0n) is 16.3. The highest BCUT2D eigenvalue weighted by Crippen LogP contribution is 2.19. The van der Waals surface area contributed by atoms with E-state index in [0.29, 0.717) is 19.2 Å². The molecule has 1 unspecified atom stereocenters. The van der Waals surface area contributed by atoms with Crippen LogP contribution < -0.4 is 10.1 Å². The molecule has 2 aromatic rings. The van der Waals surface area contributed by atoms with E-state index in [1.165, 1.54) is 36.8 Å². The Balaban J connectivity index is 1.40. The number of aliphatic hydroxyl groups excluding tert-OH is 1. The SMILES string of the molecule is CN(Cc1ccccc1)CC(O)COc1cccc(CNC2CCCC2)c1. The summed E-state index contributed by atoms with van der Waals surface area (Å²) in [4.78, 5) is 2.12. The summed E-state index contributed by atoms with van der Waals surface area (Å²) in [5.74, 6) is 0.825. The first-order valence-electron chi connectivity index (χ1n) is 10.0. The van der Waals surface area contributed by atoms with E-state index in [0.717, 1.165) is 18.8 Å². The topological polar surface area (TPSA) is 44.7 Å². The van der Waals surface area contributed by atoms with Crippen LogP contribution in [0.1, 0.15) is 36.8 Å². The zero-order chi connectivity index (χ0) is 18.9. The summed E-state index contributed by atoms with van der Waals surface area (Å²) in [6.45, 7) is 2.58. The van der Waals surface area contributed by atoms with Crippen LogP contribution in [0.5, 0.6) is 5.75 Å². The van der Waals surface area contributed by atoms with Crippen molar-refractivity contribution in [1.82, 2.24) is 10.2 Å². The Bertz CT molecular complexity index is 671. The maximum Gasteiger partial charge on any atom is 0.119 e. The fourth-order valence-electron chi connectivity index (χ4n) is 3.70. The van der Waals surface area contributed by atoms with Crippen molar-refractivity contribution in [2.24, 2.45) is 0 Å². The fourth-order valence-corrected chi connectivity index (χ4v) is 3.70. The molecule has 0 amide bonds. The van der Waals surface area contributed by atoms with Crippen molar-refractivity contribution in [3.05, 3.63) is 65.7 Å². The lowest BCUT2D eigenvalue weighted by Gasteiger charge is -2.21. The van der Waals surface area contributed by atoms with Gasteiger partial charge >= 0.3 is 0 Å². The lowest BCUT2D eigenvalue weighted by molar-refractivity contribution is 0.0743. The Morgan fingerprint density at radius 3 is 2.59 bits per heavy atom. The second-order valence-corrected chi connectivity index (χ2v) is 7.66. The van der Waals surface area contributed by atoms with Crippen LogP contribution in [0.4, 0.5) is 0 Å². The Kier molecular flexibility index (Phi) is 7.69. The van der Waals surface area contributed by atoms with Crippen molar-refractivity contribution < 1.29 is 9.84 Å². The smallest absolute Gasteiger partial charge is 0.119 e. The van der Waals surface area contributed by atoms with Gasteiger partial charge in [-0.05, 0) is 43.1 Å². The van der Waals surface area contributed by atoms with Crippen molar-refractivity contribution in [3.8, 4) is 5.75 Å². The Labute approximate surface area is 163 Å². The van der Waals surface area contributed by atoms with E-state index < -0.39 is 6.10 Å². The Morgan fingerprint density at radius 2 is 1.81 bits per heavy atom. The predicted octanol–water partition coefficient (Wildman–Crippen LogP) is 3.59. The molecule has 2 N–H and O–H groups in total. The molecule has 0 radical (unpaired) electrons. The number of benzene rings is 2. The molecule has 0 spiro atoms. The third kappa shape index (κ3) is 6.98. The van der Waals surface area contributed by atoms with Gasteiger partial charge in [-0.25, -0.2) is 0 Å². The van der Waals surface area contributed by atoms with Gasteiger partial charge in [-0.3, -0.25) is 4.90 Å². The molecule has 1 fully saturated rings. The summed E-state index contributed by atoms with van der Waals surface area (Å²) in [5.41, 5.74) is 2.48. The van der Waals surface area contributed by atoms with Crippen LogP contribution in [0, 0.1) is 0 Å². The summed E-state index contributed by atoms with van der Waals surface area (Å²) in [6, 6.07) is 19.1. The number of hydrogen-bond acceptors (Lipinski definition) is 4. The molecule has 2 aromatic carbocycles. The van der Waals surface area contributed by atoms with Gasteiger partial charge in [0.15, 0.2) is 0 Å². The van der Waals surface area contributed by atoms with Crippen molar-refractivity contribution in [2.45, 2.75) is 50.9 Å². The first-order valence-corrected chi connectivity index (χ1v) is 10.0. The van der Waals surface area contributed by atoms with Gasteiger partial charge in [0.25, 0.3) is 0 Å². The number of nitrogens with zero attached hydrogens (tertiary/aromatic N) is 1. The molecule has 0 bridgehead atoms. The van der Waals surface area contributed by atoms with Gasteiger partial charge in [0.05, 0.1) is 0 Å². The van der Waals surface area contributed by atoms with Crippen LogP contribution in [-0.2, 0) is 13.1 Å². The lowest BCUT2D eigenvalue weighted by Crippen LogP contribution is -2.32. The minimum absolute atomic E-state index is 0.304. The molecule has 0 heterocycles. The third-order valence-electron chi connectivity index (χ3n) is 5.11. The number of rotatable bonds is 10. The van der Waals surface area contributed by atoms with Gasteiger partial charge in [-0.2, -0.15) is 0 Å². The van der Waals surface area contributed by atoms with Crippen LogP contribution in [0.15, 0.2) is 54.6 Å². The summed E-state index contributed by atoms with van der Waals surface area (Å²) in [6.07, 6.45) is 4.76. The van der Waals surface area contributed by atoms with Crippen LogP contribution in [-0.4, -0.2) is 42.4 Å². The highest BCUT2D eigenvalue weighted by atomic mass is 16.5. The number of hydrogen-bond donors (Lipinski definition) is 2. The van der Waals surface area contributed by atoms with Crippen LogP contribution in [0.25, 0.3) is 0 Å². The molecule has 1 aliphatic carbocycles. The van der Waals surface area contributed by atoms with Crippen molar-refractivity contribution in [1.29, 1.82) is 0 Å². The first kappa shape index (κ1) is 19.9. The van der Waals surface area contributed by atoms with E-state index >= 15 is 0 Å². The van der Waals surface area contributed by atoms with E-state index in [-0.39, 0.29) is 0 Å². The summed E-state index contributed by atoms with van der Waals surface area (Å²) < 4.78 is 5.83. The van der Waals surface area contributed by atoms with Gasteiger partial charge in [-0.15, -0.1) is 0 Å². The van der Waals surface area contributed by atoms with Gasteiger partial charge in [-0.1, -0.05) is 55.3 Å². The van der Waals surface area contributed by atoms with Crippen molar-refractivity contribution in [3.63, 3.8) is 0 Å². The Morgan fingerprint density at radius 1 is 1.07 bits per heavy atom. The molecule has 27 heavy (non-hydrogen) atoms. The molecular weight excluding hydrogens is 336 g/mol. The molecule has 1 atom stereocenters. The van der Waals surface area contributed by atoms with Crippen LogP contribution >= 0.6 is 0 Å². The van der Waals surface area contributed by atoms with E-state index in [1.54, 1.807) is 0 Å². The largest absolute Gasteiger partial charge is 0.491 e. The van der Waals surface area contributed by atoms with E-state index in [2.05, 4.69) is 34.5 Å². The molecule has 1 saturated carbocycles. The van der Waals surface area contributed by atoms with Gasteiger partial charge in [0.2, 0.25) is 0 Å².